The lowest BCUT2D eigenvalue weighted by molar-refractivity contribution is -0.162. The minimum atomic E-state index is -0.587. The molecule has 0 amide bonds. The zero-order valence-corrected chi connectivity index (χ0v) is 41.2. The molecule has 5 heteroatoms. The Hall–Kier alpha value is -3.96. The average Bonchev–Trinajstić information content (AvgIpc) is 3.30. The Morgan fingerprint density at radius 3 is 1.19 bits per heavy atom. The number of esters is 2. The van der Waals surface area contributed by atoms with Crippen LogP contribution in [0.1, 0.15) is 201 Å². The number of carbonyl (C=O) groups excluding carboxylic acids is 2. The minimum absolute atomic E-state index is 0.0271. The van der Waals surface area contributed by atoms with Crippen molar-refractivity contribution < 1.29 is 23.8 Å². The van der Waals surface area contributed by atoms with Gasteiger partial charge in [-0.05, 0) is 103 Å². The quantitative estimate of drug-likeness (QED) is 0.0346. The molecule has 64 heavy (non-hydrogen) atoms. The third-order valence-corrected chi connectivity index (χ3v) is 10.2. The average molecular weight is 883 g/mol. The summed E-state index contributed by atoms with van der Waals surface area (Å²) < 4.78 is 17.3. The van der Waals surface area contributed by atoms with Crippen molar-refractivity contribution in [2.45, 2.75) is 207 Å². The van der Waals surface area contributed by atoms with E-state index in [0.717, 1.165) is 116 Å². The maximum atomic E-state index is 12.7. The van der Waals surface area contributed by atoms with E-state index in [4.69, 9.17) is 14.2 Å². The van der Waals surface area contributed by atoms with Crippen LogP contribution in [-0.4, -0.2) is 37.9 Å². The van der Waals surface area contributed by atoms with E-state index in [1.165, 1.54) is 44.9 Å². The normalized spacial score (nSPS) is 13.4. The molecule has 1 unspecified atom stereocenters. The van der Waals surface area contributed by atoms with E-state index in [9.17, 15) is 9.59 Å². The Labute approximate surface area is 394 Å². The highest BCUT2D eigenvalue weighted by Crippen LogP contribution is 2.12. The Bertz CT molecular complexity index is 1370. The summed E-state index contributed by atoms with van der Waals surface area (Å²) in [7, 11) is 0. The standard InChI is InChI=1S/C59H94O5/c1-4-7-10-13-16-19-21-23-25-27-29-31-33-35-37-39-42-45-48-51-54-62-55-57(64-59(61)53-50-47-44-40-18-15-12-9-6-3)56-63-58(60)52-49-46-43-41-38-36-34-32-30-28-26-24-22-20-17-14-11-8-5-2/h7-8,10-11,16-17,19-20,23-26,29-32,35-38,43,46,57H,4-6,9,12-15,18,21-22,27-28,33-34,39-42,44-45,47-56H2,1-3H3/b10-7-,11-8-,19-16-,20-17-,25-23-,26-24-,31-29-,32-30-,37-35-,38-36-,46-43-. The first-order valence-electron chi connectivity index (χ1n) is 25.7. The lowest BCUT2D eigenvalue weighted by Gasteiger charge is -2.18. The molecule has 5 nitrogen and oxygen atoms in total. The molecule has 0 aromatic rings. The van der Waals surface area contributed by atoms with Gasteiger partial charge in [0.15, 0.2) is 6.10 Å². The summed E-state index contributed by atoms with van der Waals surface area (Å²) in [5.41, 5.74) is 0. The van der Waals surface area contributed by atoms with Crippen molar-refractivity contribution in [1.29, 1.82) is 0 Å². The molecule has 1 atom stereocenters. The molecule has 0 aliphatic carbocycles. The molecule has 0 aromatic carbocycles. The first kappa shape index (κ1) is 60.0. The molecule has 360 valence electrons. The molecule has 0 heterocycles. The zero-order valence-electron chi connectivity index (χ0n) is 41.2. The summed E-state index contributed by atoms with van der Waals surface area (Å²) >= 11 is 0. The van der Waals surface area contributed by atoms with Crippen molar-refractivity contribution in [3.8, 4) is 0 Å². The van der Waals surface area contributed by atoms with Crippen LogP contribution in [0.2, 0.25) is 0 Å². The molecule has 0 aliphatic heterocycles. The fraction of sp³-hybridized carbons (Fsp3) is 0.593. The van der Waals surface area contributed by atoms with Crippen molar-refractivity contribution in [3.05, 3.63) is 134 Å². The highest BCUT2D eigenvalue weighted by atomic mass is 16.6. The fourth-order valence-electron chi connectivity index (χ4n) is 6.44. The Kier molecular flexibility index (Phi) is 50.1. The Morgan fingerprint density at radius 2 is 0.734 bits per heavy atom. The van der Waals surface area contributed by atoms with Crippen molar-refractivity contribution >= 4 is 11.9 Å². The maximum absolute atomic E-state index is 12.7. The molecule has 0 saturated carbocycles. The summed E-state index contributed by atoms with van der Waals surface area (Å²) in [6.45, 7) is 7.42. The molecule has 0 radical (unpaired) electrons. The molecule has 0 aliphatic rings. The third kappa shape index (κ3) is 50.7. The SMILES string of the molecule is CC/C=C\C/C=C\C/C=C\C/C=C\C/C=C\C/C=C\CCC(=O)OCC(COCCCCCC/C=C\C/C=C\C/C=C\C/C=C\C/C=C\CC)OC(=O)CCCCCCCCCCC. The van der Waals surface area contributed by atoms with Gasteiger partial charge < -0.3 is 14.2 Å². The molecule has 0 N–H and O–H groups in total. The van der Waals surface area contributed by atoms with E-state index in [0.29, 0.717) is 25.9 Å². The summed E-state index contributed by atoms with van der Waals surface area (Å²) in [5.74, 6) is -0.521. The second-order valence-corrected chi connectivity index (χ2v) is 16.3. The van der Waals surface area contributed by atoms with Gasteiger partial charge in [-0.3, -0.25) is 9.59 Å². The summed E-state index contributed by atoms with van der Waals surface area (Å²) in [6, 6.07) is 0. The number of ether oxygens (including phenoxy) is 3. The second-order valence-electron chi connectivity index (χ2n) is 16.3. The molecule has 0 spiro atoms. The van der Waals surface area contributed by atoms with Crippen LogP contribution in [0.3, 0.4) is 0 Å². The predicted octanol–water partition coefficient (Wildman–Crippen LogP) is 17.6. The summed E-state index contributed by atoms with van der Waals surface area (Å²) in [4.78, 5) is 25.3. The van der Waals surface area contributed by atoms with Gasteiger partial charge >= 0.3 is 11.9 Å². The minimum Gasteiger partial charge on any atom is -0.462 e. The zero-order chi connectivity index (χ0) is 46.3. The van der Waals surface area contributed by atoms with E-state index >= 15 is 0 Å². The molecule has 0 aromatic heterocycles. The van der Waals surface area contributed by atoms with Gasteiger partial charge in [0.2, 0.25) is 0 Å². The van der Waals surface area contributed by atoms with E-state index in [-0.39, 0.29) is 25.2 Å². The largest absolute Gasteiger partial charge is 0.462 e. The van der Waals surface area contributed by atoms with Gasteiger partial charge in [-0.15, -0.1) is 0 Å². The van der Waals surface area contributed by atoms with Crippen LogP contribution in [0.5, 0.6) is 0 Å². The second kappa shape index (κ2) is 53.4. The molecule has 0 bridgehead atoms. The third-order valence-electron chi connectivity index (χ3n) is 10.2. The topological polar surface area (TPSA) is 61.8 Å². The van der Waals surface area contributed by atoms with Crippen molar-refractivity contribution in [1.82, 2.24) is 0 Å². The Balaban J connectivity index is 4.38. The molecule has 0 saturated heterocycles. The van der Waals surface area contributed by atoms with E-state index < -0.39 is 6.10 Å². The van der Waals surface area contributed by atoms with Crippen LogP contribution >= 0.6 is 0 Å². The van der Waals surface area contributed by atoms with Crippen LogP contribution in [0.25, 0.3) is 0 Å². The number of unbranched alkanes of at least 4 members (excludes halogenated alkanes) is 12. The van der Waals surface area contributed by atoms with Gasteiger partial charge in [-0.25, -0.2) is 0 Å². The van der Waals surface area contributed by atoms with Gasteiger partial charge in [-0.2, -0.15) is 0 Å². The monoisotopic (exact) mass is 883 g/mol. The van der Waals surface area contributed by atoms with Crippen LogP contribution < -0.4 is 0 Å². The number of allylic oxidation sites excluding steroid dienone is 22. The lowest BCUT2D eigenvalue weighted by Crippen LogP contribution is -2.30. The van der Waals surface area contributed by atoms with Gasteiger partial charge in [0.25, 0.3) is 0 Å². The number of hydrogen-bond donors (Lipinski definition) is 0. The maximum Gasteiger partial charge on any atom is 0.306 e. The van der Waals surface area contributed by atoms with Gasteiger partial charge in [0.05, 0.1) is 6.61 Å². The number of carbonyl (C=O) groups is 2. The van der Waals surface area contributed by atoms with Gasteiger partial charge in [0.1, 0.15) is 6.61 Å². The number of hydrogen-bond acceptors (Lipinski definition) is 5. The van der Waals surface area contributed by atoms with Crippen LogP contribution in [0, 0.1) is 0 Å². The summed E-state index contributed by atoms with van der Waals surface area (Å²) in [6.07, 6.45) is 76.2. The van der Waals surface area contributed by atoms with Crippen molar-refractivity contribution in [2.75, 3.05) is 19.8 Å². The number of rotatable bonds is 45. The molecular weight excluding hydrogens is 789 g/mol. The van der Waals surface area contributed by atoms with Crippen molar-refractivity contribution in [2.24, 2.45) is 0 Å². The first-order valence-corrected chi connectivity index (χ1v) is 25.7. The van der Waals surface area contributed by atoms with Crippen LogP contribution in [-0.2, 0) is 23.8 Å². The highest BCUT2D eigenvalue weighted by Gasteiger charge is 2.17. The highest BCUT2D eigenvalue weighted by molar-refractivity contribution is 5.70. The van der Waals surface area contributed by atoms with Gasteiger partial charge in [-0.1, -0.05) is 219 Å². The fourth-order valence-corrected chi connectivity index (χ4v) is 6.44. The molecular formula is C59H94O5. The lowest BCUT2D eigenvalue weighted by atomic mass is 10.1. The van der Waals surface area contributed by atoms with Crippen LogP contribution in [0.4, 0.5) is 0 Å². The van der Waals surface area contributed by atoms with E-state index in [2.05, 4.69) is 148 Å². The van der Waals surface area contributed by atoms with Crippen LogP contribution in [0.15, 0.2) is 134 Å². The molecule has 0 fully saturated rings. The smallest absolute Gasteiger partial charge is 0.306 e. The van der Waals surface area contributed by atoms with E-state index in [1.807, 2.05) is 6.08 Å². The Morgan fingerprint density at radius 1 is 0.359 bits per heavy atom. The van der Waals surface area contributed by atoms with Gasteiger partial charge in [0, 0.05) is 19.4 Å². The summed E-state index contributed by atoms with van der Waals surface area (Å²) in [5, 5.41) is 0. The van der Waals surface area contributed by atoms with Crippen molar-refractivity contribution in [3.63, 3.8) is 0 Å². The first-order chi connectivity index (χ1) is 31.6. The van der Waals surface area contributed by atoms with E-state index in [1.54, 1.807) is 0 Å². The molecule has 0 rings (SSSR count). The predicted molar refractivity (Wildman–Crippen MR) is 278 cm³/mol.